The number of carbonyl (C=O) groups is 1. The molecule has 9 heteroatoms. The van der Waals surface area contributed by atoms with Gasteiger partial charge < -0.3 is 19.7 Å². The number of rotatable bonds is 3. The van der Waals surface area contributed by atoms with Crippen LogP contribution in [-0.2, 0) is 9.47 Å². The Morgan fingerprint density at radius 3 is 3.22 bits per heavy atom. The van der Waals surface area contributed by atoms with Crippen LogP contribution in [0.25, 0.3) is 0 Å². The van der Waals surface area contributed by atoms with Crippen LogP contribution >= 0.6 is 11.6 Å². The first kappa shape index (κ1) is 16.1. The third-order valence-electron chi connectivity index (χ3n) is 4.16. The number of ether oxygens (including phenoxy) is 2. The van der Waals surface area contributed by atoms with Gasteiger partial charge >= 0.3 is 6.09 Å². The number of alkyl carbamates (subject to hydrolysis) is 1. The maximum absolute atomic E-state index is 12.0. The third kappa shape index (κ3) is 3.59. The van der Waals surface area contributed by atoms with Crippen molar-refractivity contribution in [2.45, 2.75) is 31.4 Å². The molecule has 3 heterocycles. The van der Waals surface area contributed by atoms with Crippen LogP contribution in [0.2, 0.25) is 5.02 Å². The summed E-state index contributed by atoms with van der Waals surface area (Å²) < 4.78 is 10.8. The molecule has 23 heavy (non-hydrogen) atoms. The molecule has 0 aliphatic carbocycles. The van der Waals surface area contributed by atoms with Crippen LogP contribution in [0.3, 0.4) is 0 Å². The molecule has 126 valence electrons. The molecule has 8 nitrogen and oxygen atoms in total. The van der Waals surface area contributed by atoms with E-state index in [0.717, 1.165) is 6.42 Å². The number of aromatic nitrogens is 2. The molecule has 0 bridgehead atoms. The Hall–Kier alpha value is -1.80. The minimum absolute atomic E-state index is 0.0979. The molecule has 2 aliphatic rings. The highest BCUT2D eigenvalue weighted by molar-refractivity contribution is 6.33. The van der Waals surface area contributed by atoms with Crippen LogP contribution in [-0.4, -0.2) is 54.2 Å². The molecule has 1 aromatic rings. The second-order valence-electron chi connectivity index (χ2n) is 6.15. The third-order valence-corrected chi connectivity index (χ3v) is 4.52. The van der Waals surface area contributed by atoms with E-state index in [1.54, 1.807) is 0 Å². The van der Waals surface area contributed by atoms with Crippen LogP contribution in [0.4, 0.5) is 10.5 Å². The molecule has 0 spiro atoms. The van der Waals surface area contributed by atoms with Crippen molar-refractivity contribution >= 4 is 23.4 Å². The molecule has 2 fully saturated rings. The van der Waals surface area contributed by atoms with Gasteiger partial charge in [0.2, 0.25) is 0 Å². The van der Waals surface area contributed by atoms with Gasteiger partial charge in [-0.3, -0.25) is 4.79 Å². The summed E-state index contributed by atoms with van der Waals surface area (Å²) in [4.78, 5) is 25.4. The predicted octanol–water partition coefficient (Wildman–Crippen LogP) is 0.907. The zero-order chi connectivity index (χ0) is 16.4. The van der Waals surface area contributed by atoms with Gasteiger partial charge in [-0.25, -0.2) is 9.89 Å². The fourth-order valence-corrected chi connectivity index (χ4v) is 3.04. The van der Waals surface area contributed by atoms with E-state index in [9.17, 15) is 9.59 Å². The van der Waals surface area contributed by atoms with Gasteiger partial charge in [-0.15, -0.1) is 0 Å². The summed E-state index contributed by atoms with van der Waals surface area (Å²) in [6, 6.07) is 0. The highest BCUT2D eigenvalue weighted by Gasteiger charge is 2.34. The first-order chi connectivity index (χ1) is 11.0. The van der Waals surface area contributed by atoms with E-state index in [0.29, 0.717) is 38.4 Å². The predicted molar refractivity (Wildman–Crippen MR) is 83.9 cm³/mol. The number of anilines is 1. The Labute approximate surface area is 138 Å². The van der Waals surface area contributed by atoms with Gasteiger partial charge in [0.15, 0.2) is 0 Å². The Morgan fingerprint density at radius 1 is 1.65 bits per heavy atom. The van der Waals surface area contributed by atoms with Crippen molar-refractivity contribution in [2.24, 2.45) is 0 Å². The SMILES string of the molecule is CC1(NC(=O)O[C@@H]2CCN(c3cn[nH]c(=O)c3Cl)C2)CCOC1. The smallest absolute Gasteiger partial charge is 0.407 e. The van der Waals surface area contributed by atoms with E-state index in [1.807, 2.05) is 11.8 Å². The maximum Gasteiger partial charge on any atom is 0.407 e. The molecule has 2 atom stereocenters. The lowest BCUT2D eigenvalue weighted by Crippen LogP contribution is -2.47. The van der Waals surface area contributed by atoms with Crippen molar-refractivity contribution in [3.05, 3.63) is 21.6 Å². The van der Waals surface area contributed by atoms with Crippen molar-refractivity contribution in [1.82, 2.24) is 15.5 Å². The molecule has 1 amide bonds. The average molecular weight is 343 g/mol. The van der Waals surface area contributed by atoms with Crippen molar-refractivity contribution in [3.8, 4) is 0 Å². The Balaban J connectivity index is 1.56. The van der Waals surface area contributed by atoms with Gasteiger partial charge in [0.1, 0.15) is 11.1 Å². The highest BCUT2D eigenvalue weighted by Crippen LogP contribution is 2.26. The van der Waals surface area contributed by atoms with E-state index in [-0.39, 0.29) is 16.7 Å². The maximum atomic E-state index is 12.0. The summed E-state index contributed by atoms with van der Waals surface area (Å²) in [5.74, 6) is 0. The van der Waals surface area contributed by atoms with Crippen molar-refractivity contribution < 1.29 is 14.3 Å². The van der Waals surface area contributed by atoms with Gasteiger partial charge in [0, 0.05) is 19.6 Å². The zero-order valence-electron chi connectivity index (χ0n) is 12.8. The molecular weight excluding hydrogens is 324 g/mol. The van der Waals surface area contributed by atoms with Gasteiger partial charge in [-0.05, 0) is 13.3 Å². The summed E-state index contributed by atoms with van der Waals surface area (Å²) in [6.07, 6.45) is 2.25. The van der Waals surface area contributed by atoms with Gasteiger partial charge in [0.05, 0.1) is 30.6 Å². The summed E-state index contributed by atoms with van der Waals surface area (Å²) in [5, 5.41) is 8.99. The number of H-pyrrole nitrogens is 1. The molecule has 0 saturated carbocycles. The van der Waals surface area contributed by atoms with Gasteiger partial charge in [0.25, 0.3) is 5.56 Å². The van der Waals surface area contributed by atoms with Crippen LogP contribution < -0.4 is 15.8 Å². The van der Waals surface area contributed by atoms with Gasteiger partial charge in [-0.2, -0.15) is 5.10 Å². The quantitative estimate of drug-likeness (QED) is 0.847. The van der Waals surface area contributed by atoms with Crippen LogP contribution in [0, 0.1) is 0 Å². The average Bonchev–Trinajstić information content (AvgIpc) is 3.11. The number of halogens is 1. The fraction of sp³-hybridized carbons (Fsp3) is 0.643. The summed E-state index contributed by atoms with van der Waals surface area (Å²) >= 11 is 6.00. The van der Waals surface area contributed by atoms with Crippen molar-refractivity contribution in [2.75, 3.05) is 31.2 Å². The minimum atomic E-state index is -0.444. The first-order valence-corrected chi connectivity index (χ1v) is 7.89. The lowest BCUT2D eigenvalue weighted by Gasteiger charge is -2.24. The lowest BCUT2D eigenvalue weighted by atomic mass is 10.0. The molecule has 3 rings (SSSR count). The topological polar surface area (TPSA) is 96.5 Å². The van der Waals surface area contributed by atoms with Crippen molar-refractivity contribution in [3.63, 3.8) is 0 Å². The van der Waals surface area contributed by atoms with E-state index in [1.165, 1.54) is 6.20 Å². The standard InChI is InChI=1S/C14H19ClN4O4/c1-14(3-5-22-8-14)17-13(21)23-9-2-4-19(7-9)10-6-16-18-12(20)11(10)15/h6,9H,2-5,7-8H2,1H3,(H,17,21)(H,18,20)/t9-,14?/m1/s1. The summed E-state index contributed by atoms with van der Waals surface area (Å²) in [5.41, 5.74) is -0.242. The largest absolute Gasteiger partial charge is 0.444 e. The molecular formula is C14H19ClN4O4. The molecule has 0 radical (unpaired) electrons. The van der Waals surface area contributed by atoms with E-state index < -0.39 is 11.7 Å². The number of nitrogens with zero attached hydrogens (tertiary/aromatic N) is 2. The normalized spacial score (nSPS) is 27.2. The lowest BCUT2D eigenvalue weighted by molar-refractivity contribution is 0.0950. The van der Waals surface area contributed by atoms with E-state index in [4.69, 9.17) is 21.1 Å². The molecule has 2 saturated heterocycles. The van der Waals surface area contributed by atoms with E-state index in [2.05, 4.69) is 15.5 Å². The Kier molecular flexibility index (Phi) is 4.45. The number of amides is 1. The number of carbonyl (C=O) groups excluding carboxylic acids is 1. The molecule has 2 N–H and O–H groups in total. The number of nitrogens with one attached hydrogen (secondary N) is 2. The van der Waals surface area contributed by atoms with Crippen LogP contribution in [0.15, 0.2) is 11.0 Å². The highest BCUT2D eigenvalue weighted by atomic mass is 35.5. The number of hydrogen-bond donors (Lipinski definition) is 2. The molecule has 1 unspecified atom stereocenters. The fourth-order valence-electron chi connectivity index (χ4n) is 2.83. The number of aromatic amines is 1. The molecule has 2 aliphatic heterocycles. The first-order valence-electron chi connectivity index (χ1n) is 7.51. The second kappa shape index (κ2) is 6.37. The molecule has 0 aromatic carbocycles. The summed E-state index contributed by atoms with van der Waals surface area (Å²) in [7, 11) is 0. The monoisotopic (exact) mass is 342 g/mol. The van der Waals surface area contributed by atoms with Crippen molar-refractivity contribution in [1.29, 1.82) is 0 Å². The minimum Gasteiger partial charge on any atom is -0.444 e. The number of hydrogen-bond acceptors (Lipinski definition) is 6. The van der Waals surface area contributed by atoms with E-state index >= 15 is 0 Å². The zero-order valence-corrected chi connectivity index (χ0v) is 13.6. The van der Waals surface area contributed by atoms with Gasteiger partial charge in [-0.1, -0.05) is 11.6 Å². The molecule has 1 aromatic heterocycles. The summed E-state index contributed by atoms with van der Waals surface area (Å²) in [6.45, 7) is 4.19. The van der Waals surface area contributed by atoms with Crippen LogP contribution in [0.5, 0.6) is 0 Å². The Bertz CT molecular complexity index is 644. The second-order valence-corrected chi connectivity index (χ2v) is 6.53. The Morgan fingerprint density at radius 2 is 2.48 bits per heavy atom. The van der Waals surface area contributed by atoms with Crippen LogP contribution in [0.1, 0.15) is 19.8 Å².